The van der Waals surface area contributed by atoms with Crippen LogP contribution in [0.3, 0.4) is 0 Å². The molecule has 0 bridgehead atoms. The van der Waals surface area contributed by atoms with Crippen LogP contribution in [-0.4, -0.2) is 53.8 Å². The minimum atomic E-state index is 0.536. The molecule has 3 aromatic rings. The van der Waals surface area contributed by atoms with Crippen LogP contribution in [0.2, 0.25) is 0 Å². The lowest BCUT2D eigenvalue weighted by molar-refractivity contribution is 0.199. The van der Waals surface area contributed by atoms with Crippen molar-refractivity contribution >= 4 is 0 Å². The van der Waals surface area contributed by atoms with E-state index in [1.807, 2.05) is 30.7 Å². The van der Waals surface area contributed by atoms with Gasteiger partial charge in [-0.2, -0.15) is 0 Å². The molecule has 1 aliphatic rings. The van der Waals surface area contributed by atoms with Gasteiger partial charge in [-0.3, -0.25) is 9.88 Å². The van der Waals surface area contributed by atoms with Gasteiger partial charge in [0, 0.05) is 55.8 Å². The SMILES string of the molecule is COCCc1ncc(CN2CCC(c3ccc(Cc4ccc(OC)cc4)cn3)CC2)cn1. The molecule has 0 saturated carbocycles. The van der Waals surface area contributed by atoms with Crippen molar-refractivity contribution in [3.05, 3.63) is 83.2 Å². The molecule has 3 heterocycles. The number of pyridine rings is 1. The van der Waals surface area contributed by atoms with Gasteiger partial charge in [0.2, 0.25) is 0 Å². The van der Waals surface area contributed by atoms with E-state index in [1.165, 1.54) is 22.4 Å². The number of ether oxygens (including phenoxy) is 2. The molecule has 0 unspecified atom stereocenters. The number of rotatable bonds is 9. The van der Waals surface area contributed by atoms with Gasteiger partial charge < -0.3 is 9.47 Å². The van der Waals surface area contributed by atoms with Crippen molar-refractivity contribution < 1.29 is 9.47 Å². The molecule has 0 spiro atoms. The van der Waals surface area contributed by atoms with E-state index >= 15 is 0 Å². The predicted octanol–water partition coefficient (Wildman–Crippen LogP) is 4.04. The first-order chi connectivity index (χ1) is 15.7. The minimum Gasteiger partial charge on any atom is -0.497 e. The van der Waals surface area contributed by atoms with Crippen LogP contribution in [0.5, 0.6) is 5.75 Å². The summed E-state index contributed by atoms with van der Waals surface area (Å²) in [5, 5.41) is 0. The van der Waals surface area contributed by atoms with Crippen LogP contribution in [0.15, 0.2) is 55.0 Å². The lowest BCUT2D eigenvalue weighted by Gasteiger charge is -2.31. The number of hydrogen-bond acceptors (Lipinski definition) is 6. The first kappa shape index (κ1) is 22.4. The fourth-order valence-corrected chi connectivity index (χ4v) is 4.19. The van der Waals surface area contributed by atoms with E-state index in [0.29, 0.717) is 12.5 Å². The van der Waals surface area contributed by atoms with Gasteiger partial charge in [-0.1, -0.05) is 18.2 Å². The fourth-order valence-electron chi connectivity index (χ4n) is 4.19. The summed E-state index contributed by atoms with van der Waals surface area (Å²) in [5.74, 6) is 2.27. The number of aromatic nitrogens is 3. The average molecular weight is 433 g/mol. The predicted molar refractivity (Wildman–Crippen MR) is 125 cm³/mol. The zero-order valence-electron chi connectivity index (χ0n) is 19.0. The highest BCUT2D eigenvalue weighted by atomic mass is 16.5. The summed E-state index contributed by atoms with van der Waals surface area (Å²) in [7, 11) is 3.39. The maximum atomic E-state index is 5.23. The number of likely N-dealkylation sites (tertiary alicyclic amines) is 1. The number of methoxy groups -OCH3 is 2. The highest BCUT2D eigenvalue weighted by Crippen LogP contribution is 2.27. The maximum absolute atomic E-state index is 5.23. The van der Waals surface area contributed by atoms with Crippen LogP contribution >= 0.6 is 0 Å². The third-order valence-corrected chi connectivity index (χ3v) is 6.12. The van der Waals surface area contributed by atoms with E-state index in [1.54, 1.807) is 14.2 Å². The second-order valence-electron chi connectivity index (χ2n) is 8.42. The van der Waals surface area contributed by atoms with Gasteiger partial charge in [0.1, 0.15) is 11.6 Å². The molecule has 6 nitrogen and oxygen atoms in total. The summed E-state index contributed by atoms with van der Waals surface area (Å²) in [4.78, 5) is 16.2. The highest BCUT2D eigenvalue weighted by Gasteiger charge is 2.21. The third kappa shape index (κ3) is 6.11. The van der Waals surface area contributed by atoms with Gasteiger partial charge in [0.15, 0.2) is 0 Å². The molecule has 0 atom stereocenters. The Balaban J connectivity index is 1.25. The van der Waals surface area contributed by atoms with Crippen molar-refractivity contribution in [2.45, 2.75) is 38.1 Å². The maximum Gasteiger partial charge on any atom is 0.130 e. The van der Waals surface area contributed by atoms with Crippen molar-refractivity contribution in [2.75, 3.05) is 33.9 Å². The molecular weight excluding hydrogens is 400 g/mol. The fraction of sp³-hybridized carbons (Fsp3) is 0.423. The summed E-state index contributed by atoms with van der Waals surface area (Å²) in [6.45, 7) is 3.71. The number of nitrogens with zero attached hydrogens (tertiary/aromatic N) is 4. The molecule has 0 aliphatic carbocycles. The van der Waals surface area contributed by atoms with Crippen molar-refractivity contribution in [2.24, 2.45) is 0 Å². The quantitative estimate of drug-likeness (QED) is 0.509. The Kier molecular flexibility index (Phi) is 7.80. The largest absolute Gasteiger partial charge is 0.497 e. The van der Waals surface area contributed by atoms with Crippen LogP contribution < -0.4 is 4.74 Å². The van der Waals surface area contributed by atoms with Gasteiger partial charge in [-0.05, 0) is 61.7 Å². The summed E-state index contributed by atoms with van der Waals surface area (Å²) < 4.78 is 10.3. The summed E-state index contributed by atoms with van der Waals surface area (Å²) in [5.41, 5.74) is 4.90. The van der Waals surface area contributed by atoms with Gasteiger partial charge in [-0.25, -0.2) is 9.97 Å². The van der Waals surface area contributed by atoms with Crippen LogP contribution in [0.4, 0.5) is 0 Å². The Morgan fingerprint density at radius 3 is 2.16 bits per heavy atom. The van der Waals surface area contributed by atoms with Crippen molar-refractivity contribution in [3.8, 4) is 5.75 Å². The Labute approximate surface area is 190 Å². The van der Waals surface area contributed by atoms with Crippen LogP contribution in [0, 0.1) is 0 Å². The van der Waals surface area contributed by atoms with E-state index in [0.717, 1.165) is 56.9 Å². The minimum absolute atomic E-state index is 0.536. The number of hydrogen-bond donors (Lipinski definition) is 0. The number of benzene rings is 1. The van der Waals surface area contributed by atoms with Crippen LogP contribution in [0.25, 0.3) is 0 Å². The Hall–Kier alpha value is -2.83. The molecule has 1 aromatic carbocycles. The topological polar surface area (TPSA) is 60.4 Å². The summed E-state index contributed by atoms with van der Waals surface area (Å²) >= 11 is 0. The van der Waals surface area contributed by atoms with E-state index in [-0.39, 0.29) is 0 Å². The molecule has 1 fully saturated rings. The third-order valence-electron chi connectivity index (χ3n) is 6.12. The molecule has 168 valence electrons. The molecule has 32 heavy (non-hydrogen) atoms. The highest BCUT2D eigenvalue weighted by molar-refractivity contribution is 5.31. The van der Waals surface area contributed by atoms with E-state index < -0.39 is 0 Å². The lowest BCUT2D eigenvalue weighted by Crippen LogP contribution is -2.32. The second-order valence-corrected chi connectivity index (χ2v) is 8.42. The monoisotopic (exact) mass is 432 g/mol. The number of piperidine rings is 1. The molecule has 0 N–H and O–H groups in total. The molecule has 4 rings (SSSR count). The van der Waals surface area contributed by atoms with E-state index in [4.69, 9.17) is 14.5 Å². The summed E-state index contributed by atoms with van der Waals surface area (Å²) in [6.07, 6.45) is 9.86. The molecule has 6 heteroatoms. The molecule has 1 saturated heterocycles. The molecule has 2 aromatic heterocycles. The first-order valence-corrected chi connectivity index (χ1v) is 11.3. The van der Waals surface area contributed by atoms with Crippen LogP contribution in [0.1, 0.15) is 47.0 Å². The second kappa shape index (κ2) is 11.2. The van der Waals surface area contributed by atoms with Gasteiger partial charge in [0.25, 0.3) is 0 Å². The first-order valence-electron chi connectivity index (χ1n) is 11.3. The van der Waals surface area contributed by atoms with Gasteiger partial charge >= 0.3 is 0 Å². The summed E-state index contributed by atoms with van der Waals surface area (Å²) in [6, 6.07) is 12.7. The van der Waals surface area contributed by atoms with Gasteiger partial charge in [-0.15, -0.1) is 0 Å². The van der Waals surface area contributed by atoms with E-state index in [9.17, 15) is 0 Å². The van der Waals surface area contributed by atoms with Crippen molar-refractivity contribution in [3.63, 3.8) is 0 Å². The lowest BCUT2D eigenvalue weighted by atomic mass is 9.92. The van der Waals surface area contributed by atoms with Crippen LogP contribution in [-0.2, 0) is 24.1 Å². The molecular formula is C26H32N4O2. The Bertz CT molecular complexity index is 951. The standard InChI is InChI=1S/C26H32N4O2/c1-31-14-11-26-28-17-22(18-29-26)19-30-12-9-23(10-13-30)25-8-5-21(16-27-25)15-20-3-6-24(32-2)7-4-20/h3-8,16-18,23H,9-15,19H2,1-2H3. The normalized spacial score (nSPS) is 15.1. The van der Waals surface area contributed by atoms with E-state index in [2.05, 4.69) is 39.1 Å². The Morgan fingerprint density at radius 2 is 1.53 bits per heavy atom. The molecule has 0 radical (unpaired) electrons. The zero-order chi connectivity index (χ0) is 22.2. The Morgan fingerprint density at radius 1 is 0.844 bits per heavy atom. The average Bonchev–Trinajstić information content (AvgIpc) is 2.85. The molecule has 1 aliphatic heterocycles. The molecule has 0 amide bonds. The van der Waals surface area contributed by atoms with Gasteiger partial charge in [0.05, 0.1) is 13.7 Å². The zero-order valence-corrected chi connectivity index (χ0v) is 19.0. The smallest absolute Gasteiger partial charge is 0.130 e. The van der Waals surface area contributed by atoms with Crippen molar-refractivity contribution in [1.82, 2.24) is 19.9 Å². The van der Waals surface area contributed by atoms with Crippen molar-refractivity contribution in [1.29, 1.82) is 0 Å².